The Morgan fingerprint density at radius 1 is 1.25 bits per heavy atom. The SMILES string of the molecule is C[SiH](Cl)CC(Cl)(Cl)OC(=O)COC(F)(CF)C(F)(F)F. The number of carbonyl (C=O) groups excluding carboxylic acids is 1. The highest BCUT2D eigenvalue weighted by Crippen LogP contribution is 2.36. The number of alkyl halides is 7. The van der Waals surface area contributed by atoms with Gasteiger partial charge in [0, 0.05) is 6.04 Å². The minimum absolute atomic E-state index is 0.105. The summed E-state index contributed by atoms with van der Waals surface area (Å²) in [6.45, 7) is -2.42. The minimum Gasteiger partial charge on any atom is -0.427 e. The van der Waals surface area contributed by atoms with E-state index in [0.29, 0.717) is 0 Å². The van der Waals surface area contributed by atoms with Gasteiger partial charge in [-0.05, 0) is 0 Å². The molecule has 120 valence electrons. The molecule has 0 aliphatic rings. The maximum absolute atomic E-state index is 13.0. The monoisotopic (exact) mass is 382 g/mol. The van der Waals surface area contributed by atoms with Crippen LogP contribution in [0.4, 0.5) is 22.0 Å². The molecule has 2 unspecified atom stereocenters. The van der Waals surface area contributed by atoms with Crippen LogP contribution in [0.3, 0.4) is 0 Å². The lowest BCUT2D eigenvalue weighted by molar-refractivity contribution is -0.335. The summed E-state index contributed by atoms with van der Waals surface area (Å²) in [6.07, 6.45) is -5.64. The van der Waals surface area contributed by atoms with Gasteiger partial charge in [0.25, 0.3) is 4.52 Å². The second kappa shape index (κ2) is 7.44. The molecule has 0 heterocycles. The Kier molecular flexibility index (Phi) is 7.50. The van der Waals surface area contributed by atoms with Crippen LogP contribution in [0.1, 0.15) is 0 Å². The molecule has 12 heteroatoms. The second-order valence-corrected chi connectivity index (χ2v) is 9.36. The number of esters is 1. The molecule has 3 nitrogen and oxygen atoms in total. The van der Waals surface area contributed by atoms with Crippen molar-refractivity contribution in [3.63, 3.8) is 0 Å². The van der Waals surface area contributed by atoms with E-state index in [1.54, 1.807) is 6.55 Å². The molecule has 0 radical (unpaired) electrons. The Labute approximate surface area is 127 Å². The van der Waals surface area contributed by atoms with Gasteiger partial charge in [0.15, 0.2) is 6.67 Å². The number of carbonyl (C=O) groups is 1. The first kappa shape index (κ1) is 20.2. The summed E-state index contributed by atoms with van der Waals surface area (Å²) in [5.41, 5.74) is 0. The van der Waals surface area contributed by atoms with Gasteiger partial charge in [-0.2, -0.15) is 28.6 Å². The smallest absolute Gasteiger partial charge is 0.427 e. The number of ether oxygens (including phenoxy) is 2. The van der Waals surface area contributed by atoms with Crippen molar-refractivity contribution in [1.82, 2.24) is 0 Å². The highest BCUT2D eigenvalue weighted by atomic mass is 35.6. The molecule has 0 aromatic carbocycles. The molecule has 0 aromatic rings. The zero-order valence-corrected chi connectivity index (χ0v) is 13.4. The lowest BCUT2D eigenvalue weighted by Gasteiger charge is -2.25. The van der Waals surface area contributed by atoms with E-state index >= 15 is 0 Å². The van der Waals surface area contributed by atoms with Crippen LogP contribution in [0.15, 0.2) is 0 Å². The maximum Gasteiger partial charge on any atom is 0.451 e. The number of hydrogen-bond donors (Lipinski definition) is 0. The minimum atomic E-state index is -5.64. The molecule has 0 aliphatic heterocycles. The van der Waals surface area contributed by atoms with E-state index in [1.807, 2.05) is 0 Å². The topological polar surface area (TPSA) is 35.5 Å². The van der Waals surface area contributed by atoms with Gasteiger partial charge >= 0.3 is 18.0 Å². The Hall–Kier alpha value is 0.167. The second-order valence-electron chi connectivity index (χ2n) is 3.74. The van der Waals surface area contributed by atoms with E-state index in [-0.39, 0.29) is 6.04 Å². The average Bonchev–Trinajstić information content (AvgIpc) is 2.21. The van der Waals surface area contributed by atoms with Crippen LogP contribution < -0.4 is 0 Å². The fourth-order valence-corrected chi connectivity index (χ4v) is 4.36. The maximum atomic E-state index is 13.0. The highest BCUT2D eigenvalue weighted by molar-refractivity contribution is 7.06. The number of hydrogen-bond acceptors (Lipinski definition) is 3. The van der Waals surface area contributed by atoms with E-state index in [9.17, 15) is 26.7 Å². The van der Waals surface area contributed by atoms with Gasteiger partial charge in [-0.15, -0.1) is 0 Å². The zero-order chi connectivity index (χ0) is 16.2. The normalized spacial score (nSPS) is 17.4. The predicted molar refractivity (Wildman–Crippen MR) is 66.0 cm³/mol. The summed E-state index contributed by atoms with van der Waals surface area (Å²) in [5, 5.41) is 0. The summed E-state index contributed by atoms with van der Waals surface area (Å²) in [5.74, 6) is -6.08. The third-order valence-corrected chi connectivity index (χ3v) is 4.38. The van der Waals surface area contributed by atoms with Crippen molar-refractivity contribution < 1.29 is 36.2 Å². The van der Waals surface area contributed by atoms with Crippen LogP contribution in [-0.2, 0) is 14.3 Å². The van der Waals surface area contributed by atoms with Crippen molar-refractivity contribution in [1.29, 1.82) is 0 Å². The predicted octanol–water partition coefficient (Wildman–Crippen LogP) is 3.47. The van der Waals surface area contributed by atoms with Crippen LogP contribution in [0, 0.1) is 0 Å². The van der Waals surface area contributed by atoms with Gasteiger partial charge in [-0.1, -0.05) is 29.7 Å². The molecule has 0 amide bonds. The van der Waals surface area contributed by atoms with E-state index < -0.39 is 43.9 Å². The standard InChI is InChI=1S/C8H10Cl3F5O3Si/c1-20(11)4-7(9,10)19-5(17)2-18-6(13,3-12)8(14,15)16/h20H,2-4H2,1H3. The van der Waals surface area contributed by atoms with Crippen molar-refractivity contribution in [2.24, 2.45) is 0 Å². The molecule has 0 spiro atoms. The van der Waals surface area contributed by atoms with Crippen LogP contribution in [-0.4, -0.2) is 43.9 Å². The van der Waals surface area contributed by atoms with Crippen molar-refractivity contribution in [3.8, 4) is 0 Å². The summed E-state index contributed by atoms with van der Waals surface area (Å²) in [4.78, 5) is 11.1. The summed E-state index contributed by atoms with van der Waals surface area (Å²) < 4.78 is 67.3. The van der Waals surface area contributed by atoms with Gasteiger partial charge in [0.05, 0.1) is 0 Å². The molecule has 0 aromatic heterocycles. The summed E-state index contributed by atoms with van der Waals surface area (Å²) in [6, 6.07) is -0.105. The quantitative estimate of drug-likeness (QED) is 0.222. The molecule has 0 N–H and O–H groups in total. The molecule has 2 atom stereocenters. The van der Waals surface area contributed by atoms with Crippen LogP contribution >= 0.6 is 34.3 Å². The van der Waals surface area contributed by atoms with Crippen LogP contribution in [0.5, 0.6) is 0 Å². The number of halogens is 8. The first-order chi connectivity index (χ1) is 8.83. The van der Waals surface area contributed by atoms with Gasteiger partial charge in [0.1, 0.15) is 14.7 Å². The molecule has 0 rings (SSSR count). The lowest BCUT2D eigenvalue weighted by Crippen LogP contribution is -2.47. The molecule has 0 fully saturated rings. The van der Waals surface area contributed by atoms with Crippen molar-refractivity contribution in [2.45, 2.75) is 29.1 Å². The molecule has 0 saturated heterocycles. The Morgan fingerprint density at radius 3 is 2.10 bits per heavy atom. The summed E-state index contributed by atoms with van der Waals surface area (Å²) in [7, 11) is -1.87. The molecular formula is C8H10Cl3F5O3Si. The lowest BCUT2D eigenvalue weighted by atomic mass is 10.3. The Balaban J connectivity index is 4.50. The van der Waals surface area contributed by atoms with Crippen molar-refractivity contribution >= 4 is 48.4 Å². The highest BCUT2D eigenvalue weighted by Gasteiger charge is 2.58. The van der Waals surface area contributed by atoms with Gasteiger partial charge in [-0.3, -0.25) is 0 Å². The number of rotatable bonds is 7. The molecule has 0 saturated carbocycles. The van der Waals surface area contributed by atoms with E-state index in [1.165, 1.54) is 0 Å². The fraction of sp³-hybridized carbons (Fsp3) is 0.875. The third-order valence-electron chi connectivity index (χ3n) is 1.80. The first-order valence-electron chi connectivity index (χ1n) is 5.02. The Morgan fingerprint density at radius 2 is 1.75 bits per heavy atom. The largest absolute Gasteiger partial charge is 0.451 e. The average molecular weight is 384 g/mol. The third kappa shape index (κ3) is 6.75. The van der Waals surface area contributed by atoms with Gasteiger partial charge in [0.2, 0.25) is 0 Å². The van der Waals surface area contributed by atoms with Gasteiger partial charge < -0.3 is 9.47 Å². The fourth-order valence-electron chi connectivity index (χ4n) is 0.935. The van der Waals surface area contributed by atoms with E-state index in [4.69, 9.17) is 34.3 Å². The van der Waals surface area contributed by atoms with Crippen molar-refractivity contribution in [2.75, 3.05) is 13.3 Å². The van der Waals surface area contributed by atoms with Crippen LogP contribution in [0.2, 0.25) is 12.6 Å². The Bertz CT molecular complexity index is 342. The molecule has 0 aliphatic carbocycles. The first-order valence-corrected chi connectivity index (χ1v) is 9.49. The zero-order valence-electron chi connectivity index (χ0n) is 9.95. The van der Waals surface area contributed by atoms with Gasteiger partial charge in [-0.25, -0.2) is 9.18 Å². The molecule has 20 heavy (non-hydrogen) atoms. The van der Waals surface area contributed by atoms with E-state index in [2.05, 4.69) is 9.47 Å². The van der Waals surface area contributed by atoms with Crippen molar-refractivity contribution in [3.05, 3.63) is 0 Å². The summed E-state index contributed by atoms with van der Waals surface area (Å²) >= 11 is 16.7. The van der Waals surface area contributed by atoms with E-state index in [0.717, 1.165) is 0 Å². The molecular weight excluding hydrogens is 374 g/mol. The molecule has 0 bridgehead atoms. The van der Waals surface area contributed by atoms with Crippen LogP contribution in [0.25, 0.3) is 0 Å².